The zero-order chi connectivity index (χ0) is 11.7. The van der Waals surface area contributed by atoms with Crippen LogP contribution in [0.15, 0.2) is 34.9 Å². The number of fused-ring (bicyclic) bond motifs is 1. The van der Waals surface area contributed by atoms with E-state index >= 15 is 0 Å². The van der Waals surface area contributed by atoms with Crippen molar-refractivity contribution in [3.8, 4) is 0 Å². The van der Waals surface area contributed by atoms with E-state index in [1.807, 2.05) is 39.0 Å². The van der Waals surface area contributed by atoms with Gasteiger partial charge in [-0.2, -0.15) is 0 Å². The van der Waals surface area contributed by atoms with E-state index in [1.54, 1.807) is 6.26 Å². The summed E-state index contributed by atoms with van der Waals surface area (Å²) in [4.78, 5) is 0. The number of hydrogen-bond acceptors (Lipinski definition) is 1. The number of aryl methyl sites for hydroxylation is 1. The Balaban J connectivity index is 0.000000342. The third kappa shape index (κ3) is 4.20. The molecule has 2 aromatic rings. The molecule has 1 aromatic carbocycles. The molecule has 0 amide bonds. The van der Waals surface area contributed by atoms with Crippen molar-refractivity contribution in [1.29, 1.82) is 0 Å². The van der Waals surface area contributed by atoms with Crippen LogP contribution >= 0.6 is 0 Å². The predicted octanol–water partition coefficient (Wildman–Crippen LogP) is 5.18. The molecule has 0 saturated carbocycles. The Hall–Kier alpha value is -1.24. The van der Waals surface area contributed by atoms with Crippen LogP contribution in [0.1, 0.15) is 39.7 Å². The second-order valence-corrected chi connectivity index (χ2v) is 3.12. The number of benzene rings is 1. The zero-order valence-corrected chi connectivity index (χ0v) is 10.5. The maximum atomic E-state index is 5.25. The lowest BCUT2D eigenvalue weighted by molar-refractivity contribution is 0.613. The van der Waals surface area contributed by atoms with Crippen LogP contribution in [0.2, 0.25) is 0 Å². The zero-order valence-electron chi connectivity index (χ0n) is 10.5. The van der Waals surface area contributed by atoms with Gasteiger partial charge in [-0.3, -0.25) is 0 Å². The molecule has 2 rings (SSSR count). The molecule has 0 atom stereocenters. The highest BCUT2D eigenvalue weighted by Crippen LogP contribution is 2.18. The summed E-state index contributed by atoms with van der Waals surface area (Å²) in [5, 5.41) is 1.21. The van der Waals surface area contributed by atoms with Gasteiger partial charge < -0.3 is 4.42 Å². The SMILES string of the molecule is CC.CCC.Cc1coc2ccccc12. The summed E-state index contributed by atoms with van der Waals surface area (Å²) in [5.41, 5.74) is 2.18. The van der Waals surface area contributed by atoms with Gasteiger partial charge in [-0.25, -0.2) is 0 Å². The van der Waals surface area contributed by atoms with E-state index in [0.717, 1.165) is 5.58 Å². The van der Waals surface area contributed by atoms with Crippen LogP contribution in [0.4, 0.5) is 0 Å². The predicted molar refractivity (Wildman–Crippen MR) is 68.3 cm³/mol. The average molecular weight is 206 g/mol. The standard InChI is InChI=1S/C9H8O.C3H8.C2H6/c1-7-6-10-9-5-3-2-4-8(7)9;1-3-2;1-2/h2-6H,1H3;3H2,1-2H3;1-2H3. The molecule has 1 heteroatoms. The van der Waals surface area contributed by atoms with Gasteiger partial charge in [0.15, 0.2) is 0 Å². The molecule has 84 valence electrons. The smallest absolute Gasteiger partial charge is 0.134 e. The summed E-state index contributed by atoms with van der Waals surface area (Å²) in [6.45, 7) is 10.3. The van der Waals surface area contributed by atoms with Crippen LogP contribution in [-0.4, -0.2) is 0 Å². The molecule has 0 unspecified atom stereocenters. The summed E-state index contributed by atoms with van der Waals surface area (Å²) in [7, 11) is 0. The van der Waals surface area contributed by atoms with Gasteiger partial charge in [-0.1, -0.05) is 52.3 Å². The van der Waals surface area contributed by atoms with Crippen LogP contribution in [-0.2, 0) is 0 Å². The molecule has 0 bridgehead atoms. The third-order valence-electron chi connectivity index (χ3n) is 1.67. The molecule has 0 spiro atoms. The van der Waals surface area contributed by atoms with Crippen LogP contribution in [0.25, 0.3) is 11.0 Å². The van der Waals surface area contributed by atoms with Crippen molar-refractivity contribution in [2.45, 2.75) is 41.0 Å². The highest BCUT2D eigenvalue weighted by molar-refractivity contribution is 5.80. The van der Waals surface area contributed by atoms with Gasteiger partial charge in [-0.05, 0) is 18.6 Å². The van der Waals surface area contributed by atoms with Crippen molar-refractivity contribution in [2.75, 3.05) is 0 Å². The number of rotatable bonds is 0. The van der Waals surface area contributed by atoms with E-state index in [9.17, 15) is 0 Å². The Morgan fingerprint density at radius 2 is 1.60 bits per heavy atom. The molecule has 0 aliphatic carbocycles. The second-order valence-electron chi connectivity index (χ2n) is 3.12. The lowest BCUT2D eigenvalue weighted by atomic mass is 10.2. The molecule has 0 radical (unpaired) electrons. The van der Waals surface area contributed by atoms with Crippen molar-refractivity contribution < 1.29 is 4.42 Å². The summed E-state index contributed by atoms with van der Waals surface area (Å²) < 4.78 is 5.25. The van der Waals surface area contributed by atoms with E-state index in [-0.39, 0.29) is 0 Å². The van der Waals surface area contributed by atoms with Crippen molar-refractivity contribution >= 4 is 11.0 Å². The van der Waals surface area contributed by atoms with Crippen molar-refractivity contribution in [2.24, 2.45) is 0 Å². The molecule has 1 aromatic heterocycles. The quantitative estimate of drug-likeness (QED) is 0.578. The van der Waals surface area contributed by atoms with Gasteiger partial charge in [0.25, 0.3) is 0 Å². The first-order valence-corrected chi connectivity index (χ1v) is 5.72. The maximum absolute atomic E-state index is 5.25. The Morgan fingerprint density at radius 3 is 2.13 bits per heavy atom. The average Bonchev–Trinajstić information content (AvgIpc) is 2.65. The van der Waals surface area contributed by atoms with Crippen molar-refractivity contribution in [3.63, 3.8) is 0 Å². The highest BCUT2D eigenvalue weighted by Gasteiger charge is 1.97. The molecule has 0 fully saturated rings. The fourth-order valence-electron chi connectivity index (χ4n) is 1.11. The largest absolute Gasteiger partial charge is 0.464 e. The van der Waals surface area contributed by atoms with Crippen LogP contribution < -0.4 is 0 Å². The Labute approximate surface area is 93.1 Å². The van der Waals surface area contributed by atoms with E-state index in [0.29, 0.717) is 0 Å². The van der Waals surface area contributed by atoms with Crippen molar-refractivity contribution in [1.82, 2.24) is 0 Å². The van der Waals surface area contributed by atoms with Gasteiger partial charge in [0, 0.05) is 5.39 Å². The first-order chi connectivity index (χ1) is 7.29. The molecule has 1 heterocycles. The van der Waals surface area contributed by atoms with Gasteiger partial charge in [0.1, 0.15) is 5.58 Å². The maximum Gasteiger partial charge on any atom is 0.134 e. The molecular formula is C14H22O. The molecular weight excluding hydrogens is 184 g/mol. The monoisotopic (exact) mass is 206 g/mol. The topological polar surface area (TPSA) is 13.1 Å². The summed E-state index contributed by atoms with van der Waals surface area (Å²) in [6.07, 6.45) is 3.03. The third-order valence-corrected chi connectivity index (χ3v) is 1.67. The highest BCUT2D eigenvalue weighted by atomic mass is 16.3. The molecule has 15 heavy (non-hydrogen) atoms. The Bertz CT molecular complexity index is 360. The fourth-order valence-corrected chi connectivity index (χ4v) is 1.11. The minimum Gasteiger partial charge on any atom is -0.464 e. The fraction of sp³-hybridized carbons (Fsp3) is 0.429. The lowest BCUT2D eigenvalue weighted by Gasteiger charge is -1.84. The Kier molecular flexibility index (Phi) is 7.43. The minimum atomic E-state index is 0.972. The van der Waals surface area contributed by atoms with E-state index < -0.39 is 0 Å². The van der Waals surface area contributed by atoms with Crippen LogP contribution in [0, 0.1) is 6.92 Å². The van der Waals surface area contributed by atoms with Crippen LogP contribution in [0.5, 0.6) is 0 Å². The van der Waals surface area contributed by atoms with Gasteiger partial charge in [-0.15, -0.1) is 0 Å². The van der Waals surface area contributed by atoms with E-state index in [4.69, 9.17) is 4.42 Å². The normalized spacial score (nSPS) is 8.60. The van der Waals surface area contributed by atoms with E-state index in [1.165, 1.54) is 17.4 Å². The molecule has 0 aliphatic rings. The number of para-hydroxylation sites is 1. The first-order valence-electron chi connectivity index (χ1n) is 5.72. The molecule has 0 saturated heterocycles. The summed E-state index contributed by atoms with van der Waals surface area (Å²) in [6, 6.07) is 8.03. The Morgan fingerprint density at radius 1 is 1.07 bits per heavy atom. The second kappa shape index (κ2) is 8.10. The minimum absolute atomic E-state index is 0.972. The van der Waals surface area contributed by atoms with Crippen LogP contribution in [0.3, 0.4) is 0 Å². The van der Waals surface area contributed by atoms with Crippen molar-refractivity contribution in [3.05, 3.63) is 36.1 Å². The lowest BCUT2D eigenvalue weighted by Crippen LogP contribution is -1.63. The molecule has 0 aliphatic heterocycles. The van der Waals surface area contributed by atoms with Gasteiger partial charge in [0.05, 0.1) is 6.26 Å². The summed E-state index contributed by atoms with van der Waals surface area (Å²) in [5.74, 6) is 0. The molecule has 0 N–H and O–H groups in total. The first kappa shape index (κ1) is 13.8. The summed E-state index contributed by atoms with van der Waals surface area (Å²) >= 11 is 0. The van der Waals surface area contributed by atoms with Gasteiger partial charge in [0.2, 0.25) is 0 Å². The molecule has 1 nitrogen and oxygen atoms in total. The van der Waals surface area contributed by atoms with E-state index in [2.05, 4.69) is 19.9 Å². The number of hydrogen-bond donors (Lipinski definition) is 0. The van der Waals surface area contributed by atoms with Gasteiger partial charge >= 0.3 is 0 Å². The number of furan rings is 1.